The summed E-state index contributed by atoms with van der Waals surface area (Å²) in [5, 5.41) is 3.68. The highest BCUT2D eigenvalue weighted by Crippen LogP contribution is 2.18. The maximum absolute atomic E-state index is 12.5. The number of nitrogens with zero attached hydrogens (tertiary/aromatic N) is 1. The largest absolute Gasteiger partial charge is 0.443 e. The number of fused-ring (bicyclic) bond motifs is 1. The molecule has 0 bridgehead atoms. The summed E-state index contributed by atoms with van der Waals surface area (Å²) < 4.78 is 49.4. The summed E-state index contributed by atoms with van der Waals surface area (Å²) in [7, 11) is -3.16. The fourth-order valence-electron chi connectivity index (χ4n) is 3.19. The van der Waals surface area contributed by atoms with Crippen molar-refractivity contribution in [2.75, 3.05) is 19.7 Å². The van der Waals surface area contributed by atoms with Gasteiger partial charge in [0.15, 0.2) is 6.61 Å². The van der Waals surface area contributed by atoms with Crippen molar-refractivity contribution < 1.29 is 27.3 Å². The highest BCUT2D eigenvalue weighted by Gasteiger charge is 2.25. The zero-order valence-corrected chi connectivity index (χ0v) is 18.2. The van der Waals surface area contributed by atoms with Gasteiger partial charge >= 0.3 is 6.09 Å². The fraction of sp³-hybridized carbons (Fsp3) is 0.286. The molecule has 9 nitrogen and oxygen atoms in total. The third kappa shape index (κ3) is 6.25. The number of halogens is 2. The van der Waals surface area contributed by atoms with E-state index in [0.29, 0.717) is 16.2 Å². The van der Waals surface area contributed by atoms with Crippen molar-refractivity contribution >= 4 is 21.7 Å². The van der Waals surface area contributed by atoms with Crippen molar-refractivity contribution in [3.05, 3.63) is 75.1 Å². The van der Waals surface area contributed by atoms with Gasteiger partial charge in [-0.1, -0.05) is 24.3 Å². The Labute approximate surface area is 188 Å². The van der Waals surface area contributed by atoms with Gasteiger partial charge in [0, 0.05) is 30.6 Å². The van der Waals surface area contributed by atoms with E-state index < -0.39 is 40.3 Å². The van der Waals surface area contributed by atoms with Crippen molar-refractivity contribution in [3.8, 4) is 0 Å². The van der Waals surface area contributed by atoms with Crippen LogP contribution in [0.5, 0.6) is 0 Å². The molecule has 12 heteroatoms. The number of aromatic amines is 1. The van der Waals surface area contributed by atoms with Gasteiger partial charge < -0.3 is 19.9 Å². The number of carbonyl (C=O) groups excluding carboxylic acids is 2. The van der Waals surface area contributed by atoms with E-state index in [1.807, 2.05) is 0 Å². The van der Waals surface area contributed by atoms with Crippen molar-refractivity contribution in [1.29, 1.82) is 4.78 Å². The summed E-state index contributed by atoms with van der Waals surface area (Å²) in [4.78, 5) is 40.9. The Balaban J connectivity index is 1.64. The molecule has 1 unspecified atom stereocenters. The molecule has 0 saturated carbocycles. The van der Waals surface area contributed by atoms with E-state index in [9.17, 15) is 27.4 Å². The van der Waals surface area contributed by atoms with Gasteiger partial charge in [-0.2, -0.15) is 0 Å². The SMILES string of the molecule is N=S(=O)(/C=C/CNC(=O)c1cc2c([nH]c1=O)CCN(C(=O)OCC(F)F)C2)c1ccccc1. The molecule has 0 fully saturated rings. The van der Waals surface area contributed by atoms with Crippen LogP contribution >= 0.6 is 0 Å². The number of rotatable bonds is 7. The van der Waals surface area contributed by atoms with Crippen molar-refractivity contribution in [2.45, 2.75) is 24.3 Å². The van der Waals surface area contributed by atoms with Crippen LogP contribution in [0.1, 0.15) is 21.6 Å². The van der Waals surface area contributed by atoms with Gasteiger partial charge in [0.1, 0.15) is 5.56 Å². The van der Waals surface area contributed by atoms with E-state index in [1.54, 1.807) is 30.3 Å². The number of aromatic nitrogens is 1. The molecule has 1 aromatic heterocycles. The zero-order chi connectivity index (χ0) is 24.0. The fourth-order valence-corrected chi connectivity index (χ4v) is 4.27. The number of ether oxygens (including phenoxy) is 1. The lowest BCUT2D eigenvalue weighted by molar-refractivity contribution is 0.0299. The number of pyridine rings is 1. The van der Waals surface area contributed by atoms with Crippen LogP contribution in [0.2, 0.25) is 0 Å². The first kappa shape index (κ1) is 24.1. The number of nitrogens with one attached hydrogen (secondary N) is 3. The van der Waals surface area contributed by atoms with Crippen molar-refractivity contribution in [3.63, 3.8) is 0 Å². The van der Waals surface area contributed by atoms with Crippen LogP contribution in [0.25, 0.3) is 0 Å². The Kier molecular flexibility index (Phi) is 7.59. The lowest BCUT2D eigenvalue weighted by Crippen LogP contribution is -2.39. The maximum atomic E-state index is 12.5. The average Bonchev–Trinajstić information content (AvgIpc) is 2.80. The highest BCUT2D eigenvalue weighted by atomic mass is 32.2. The first-order valence-electron chi connectivity index (χ1n) is 9.91. The molecule has 1 aliphatic heterocycles. The number of alkyl halides is 2. The predicted molar refractivity (Wildman–Crippen MR) is 116 cm³/mol. The molecule has 1 aromatic carbocycles. The lowest BCUT2D eigenvalue weighted by atomic mass is 10.0. The van der Waals surface area contributed by atoms with Crippen molar-refractivity contribution in [2.24, 2.45) is 0 Å². The predicted octanol–water partition coefficient (Wildman–Crippen LogP) is 2.48. The number of hydrogen-bond donors (Lipinski definition) is 3. The number of H-pyrrole nitrogens is 1. The maximum Gasteiger partial charge on any atom is 0.410 e. The minimum atomic E-state index is -3.16. The van der Waals surface area contributed by atoms with Crippen molar-refractivity contribution in [1.82, 2.24) is 15.2 Å². The second-order valence-electron chi connectivity index (χ2n) is 7.15. The highest BCUT2D eigenvalue weighted by molar-refractivity contribution is 7.95. The van der Waals surface area contributed by atoms with Crippen LogP contribution in [0, 0.1) is 4.78 Å². The molecule has 2 amide bonds. The number of carbonyl (C=O) groups is 2. The monoisotopic (exact) mass is 480 g/mol. The summed E-state index contributed by atoms with van der Waals surface area (Å²) >= 11 is 0. The summed E-state index contributed by atoms with van der Waals surface area (Å²) in [6.45, 7) is -0.907. The van der Waals surface area contributed by atoms with E-state index >= 15 is 0 Å². The average molecular weight is 480 g/mol. The molecule has 0 aliphatic carbocycles. The molecule has 176 valence electrons. The molecule has 33 heavy (non-hydrogen) atoms. The first-order chi connectivity index (χ1) is 15.7. The van der Waals surface area contributed by atoms with E-state index in [1.165, 1.54) is 22.5 Å². The van der Waals surface area contributed by atoms with Crippen LogP contribution < -0.4 is 10.9 Å². The Morgan fingerprint density at radius 2 is 2.03 bits per heavy atom. The van der Waals surface area contributed by atoms with Gasteiger partial charge in [-0.25, -0.2) is 22.6 Å². The lowest BCUT2D eigenvalue weighted by Gasteiger charge is -2.28. The van der Waals surface area contributed by atoms with E-state index in [-0.39, 0.29) is 31.6 Å². The quantitative estimate of drug-likeness (QED) is 0.560. The molecular formula is C21H22F2N4O5S. The van der Waals surface area contributed by atoms with Gasteiger partial charge in [0.05, 0.1) is 21.2 Å². The molecule has 3 N–H and O–H groups in total. The Hall–Kier alpha value is -3.54. The molecule has 0 spiro atoms. The van der Waals surface area contributed by atoms with Gasteiger partial charge in [-0.15, -0.1) is 0 Å². The normalized spacial score (nSPS) is 15.2. The molecule has 2 heterocycles. The molecule has 0 saturated heterocycles. The minimum Gasteiger partial charge on any atom is -0.443 e. The van der Waals surface area contributed by atoms with Crippen LogP contribution in [-0.4, -0.2) is 52.2 Å². The van der Waals surface area contributed by atoms with E-state index in [0.717, 1.165) is 0 Å². The summed E-state index contributed by atoms with van der Waals surface area (Å²) in [6, 6.07) is 9.55. The van der Waals surface area contributed by atoms with Crippen LogP contribution in [0.4, 0.5) is 13.6 Å². The van der Waals surface area contributed by atoms with Gasteiger partial charge in [-0.3, -0.25) is 9.59 Å². The molecule has 1 atom stereocenters. The number of amides is 2. The molecule has 0 radical (unpaired) electrons. The van der Waals surface area contributed by atoms with Crippen LogP contribution in [0.3, 0.4) is 0 Å². The summed E-state index contributed by atoms with van der Waals surface area (Å²) in [6.07, 6.45) is -2.03. The molecule has 3 rings (SSSR count). The summed E-state index contributed by atoms with van der Waals surface area (Å²) in [5.41, 5.74) is 0.233. The van der Waals surface area contributed by atoms with Gasteiger partial charge in [-0.05, 0) is 23.8 Å². The number of benzene rings is 1. The Morgan fingerprint density at radius 3 is 2.73 bits per heavy atom. The standard InChI is InChI=1S/C21H22F2N4O5S/c22-18(23)13-32-21(30)27-9-7-17-14(12-27)11-16(20(29)26-17)19(28)25-8-4-10-33(24,31)15-5-2-1-3-6-15/h1-6,10-11,18,24H,7-9,12-13H2,(H,25,28)(H,26,29)/b10-4+. The van der Waals surface area contributed by atoms with E-state index in [4.69, 9.17) is 4.78 Å². The molecular weight excluding hydrogens is 458 g/mol. The first-order valence-corrected chi connectivity index (χ1v) is 11.5. The smallest absolute Gasteiger partial charge is 0.410 e. The van der Waals surface area contributed by atoms with Crippen LogP contribution in [-0.2, 0) is 27.4 Å². The zero-order valence-electron chi connectivity index (χ0n) is 17.4. The Bertz CT molecular complexity index is 1210. The van der Waals surface area contributed by atoms with E-state index in [2.05, 4.69) is 15.0 Å². The second-order valence-corrected chi connectivity index (χ2v) is 9.10. The number of hydrogen-bond acceptors (Lipinski definition) is 6. The Morgan fingerprint density at radius 1 is 1.30 bits per heavy atom. The second kappa shape index (κ2) is 10.4. The molecule has 1 aliphatic rings. The molecule has 2 aromatic rings. The van der Waals surface area contributed by atoms with Gasteiger partial charge in [0.2, 0.25) is 0 Å². The van der Waals surface area contributed by atoms with Crippen LogP contribution in [0.15, 0.2) is 57.6 Å². The van der Waals surface area contributed by atoms with Gasteiger partial charge in [0.25, 0.3) is 17.9 Å². The third-order valence-corrected chi connectivity index (χ3v) is 6.35. The summed E-state index contributed by atoms with van der Waals surface area (Å²) in [5.74, 6) is -0.697. The third-order valence-electron chi connectivity index (χ3n) is 4.81. The topological polar surface area (TPSA) is 132 Å². The minimum absolute atomic E-state index is 0.00759.